The molecule has 24 heavy (non-hydrogen) atoms. The number of amides is 1. The van der Waals surface area contributed by atoms with Crippen LogP contribution in [0.25, 0.3) is 0 Å². The molecule has 2 aromatic rings. The fourth-order valence-corrected chi connectivity index (χ4v) is 3.02. The lowest BCUT2D eigenvalue weighted by molar-refractivity contribution is -0.130. The third-order valence-corrected chi connectivity index (χ3v) is 4.59. The van der Waals surface area contributed by atoms with E-state index in [-0.39, 0.29) is 5.91 Å². The van der Waals surface area contributed by atoms with Gasteiger partial charge in [0.15, 0.2) is 0 Å². The van der Waals surface area contributed by atoms with Gasteiger partial charge in [-0.2, -0.15) is 0 Å². The predicted octanol–water partition coefficient (Wildman–Crippen LogP) is 3.24. The van der Waals surface area contributed by atoms with Gasteiger partial charge < -0.3 is 14.5 Å². The van der Waals surface area contributed by atoms with Crippen molar-refractivity contribution in [2.75, 3.05) is 38.2 Å². The second-order valence-corrected chi connectivity index (χ2v) is 6.31. The lowest BCUT2D eigenvalue weighted by Crippen LogP contribution is -2.49. The minimum Gasteiger partial charge on any atom is -0.497 e. The first-order valence-electron chi connectivity index (χ1n) is 8.07. The number of rotatable bonds is 4. The highest BCUT2D eigenvalue weighted by Gasteiger charge is 2.21. The van der Waals surface area contributed by atoms with Crippen LogP contribution in [0.3, 0.4) is 0 Å². The first-order valence-corrected chi connectivity index (χ1v) is 8.45. The summed E-state index contributed by atoms with van der Waals surface area (Å²) < 4.78 is 5.14. The van der Waals surface area contributed by atoms with E-state index in [2.05, 4.69) is 4.90 Å². The van der Waals surface area contributed by atoms with E-state index in [1.807, 2.05) is 53.4 Å². The number of nitrogens with zero attached hydrogens (tertiary/aromatic N) is 2. The molecule has 1 aliphatic heterocycles. The molecule has 0 aliphatic carbocycles. The molecule has 0 aromatic heterocycles. The average molecular weight is 345 g/mol. The Morgan fingerprint density at radius 2 is 1.62 bits per heavy atom. The van der Waals surface area contributed by atoms with Gasteiger partial charge in [0.05, 0.1) is 13.5 Å². The number of carbonyl (C=O) groups is 1. The zero-order chi connectivity index (χ0) is 16.9. The van der Waals surface area contributed by atoms with Crippen molar-refractivity contribution in [1.29, 1.82) is 0 Å². The topological polar surface area (TPSA) is 32.8 Å². The summed E-state index contributed by atoms with van der Waals surface area (Å²) in [5, 5.41) is 0.743. The van der Waals surface area contributed by atoms with Crippen molar-refractivity contribution in [3.8, 4) is 5.75 Å². The molecule has 4 nitrogen and oxygen atoms in total. The normalized spacial score (nSPS) is 14.6. The van der Waals surface area contributed by atoms with E-state index in [4.69, 9.17) is 16.3 Å². The molecular formula is C19H21ClN2O2. The van der Waals surface area contributed by atoms with Crippen LogP contribution in [0.5, 0.6) is 5.75 Å². The van der Waals surface area contributed by atoms with Gasteiger partial charge in [-0.25, -0.2) is 0 Å². The molecule has 3 rings (SSSR count). The van der Waals surface area contributed by atoms with Crippen LogP contribution in [-0.2, 0) is 11.2 Å². The van der Waals surface area contributed by atoms with E-state index in [1.54, 1.807) is 7.11 Å². The molecule has 0 N–H and O–H groups in total. The van der Waals surface area contributed by atoms with Gasteiger partial charge in [0.25, 0.3) is 0 Å². The number of piperazine rings is 1. The molecule has 2 aromatic carbocycles. The summed E-state index contributed by atoms with van der Waals surface area (Å²) >= 11 is 5.93. The Bertz CT molecular complexity index is 678. The third-order valence-electron chi connectivity index (χ3n) is 4.34. The molecule has 0 atom stereocenters. The SMILES string of the molecule is COc1ccc(CC(=O)N2CCN(c3ccc(Cl)cc3)CC2)cc1. The highest BCUT2D eigenvalue weighted by atomic mass is 35.5. The van der Waals surface area contributed by atoms with Crippen LogP contribution >= 0.6 is 11.6 Å². The minimum absolute atomic E-state index is 0.177. The zero-order valence-corrected chi connectivity index (χ0v) is 14.5. The summed E-state index contributed by atoms with van der Waals surface area (Å²) in [6.45, 7) is 3.18. The van der Waals surface area contributed by atoms with Gasteiger partial charge in [0.2, 0.25) is 5.91 Å². The van der Waals surface area contributed by atoms with Gasteiger partial charge in [-0.1, -0.05) is 23.7 Å². The molecule has 0 unspecified atom stereocenters. The molecule has 126 valence electrons. The van der Waals surface area contributed by atoms with Gasteiger partial charge in [0, 0.05) is 36.9 Å². The summed E-state index contributed by atoms with van der Waals surface area (Å²) in [7, 11) is 1.64. The van der Waals surface area contributed by atoms with Crippen LogP contribution in [0.2, 0.25) is 5.02 Å². The Hall–Kier alpha value is -2.20. The number of carbonyl (C=O) groups excluding carboxylic acids is 1. The highest BCUT2D eigenvalue weighted by Crippen LogP contribution is 2.20. The molecule has 1 aliphatic rings. The van der Waals surface area contributed by atoms with Crippen LogP contribution in [0.1, 0.15) is 5.56 Å². The Balaban J connectivity index is 1.53. The molecule has 1 amide bonds. The smallest absolute Gasteiger partial charge is 0.227 e. The van der Waals surface area contributed by atoms with Crippen molar-refractivity contribution in [2.24, 2.45) is 0 Å². The standard InChI is InChI=1S/C19H21ClN2O2/c1-24-18-8-2-15(3-9-18)14-19(23)22-12-10-21(11-13-22)17-6-4-16(20)5-7-17/h2-9H,10-14H2,1H3. The Morgan fingerprint density at radius 3 is 2.21 bits per heavy atom. The minimum atomic E-state index is 0.177. The fraction of sp³-hybridized carbons (Fsp3) is 0.316. The fourth-order valence-electron chi connectivity index (χ4n) is 2.90. The zero-order valence-electron chi connectivity index (χ0n) is 13.7. The van der Waals surface area contributed by atoms with E-state index >= 15 is 0 Å². The maximum atomic E-state index is 12.5. The van der Waals surface area contributed by atoms with Crippen molar-refractivity contribution in [1.82, 2.24) is 4.90 Å². The number of methoxy groups -OCH3 is 1. The van der Waals surface area contributed by atoms with E-state index in [1.165, 1.54) is 0 Å². The van der Waals surface area contributed by atoms with Crippen LogP contribution in [-0.4, -0.2) is 44.1 Å². The van der Waals surface area contributed by atoms with Gasteiger partial charge in [-0.05, 0) is 42.0 Å². The first-order chi connectivity index (χ1) is 11.7. The van der Waals surface area contributed by atoms with Crippen molar-refractivity contribution in [3.05, 3.63) is 59.1 Å². The quantitative estimate of drug-likeness (QED) is 0.853. The number of halogens is 1. The Kier molecular flexibility index (Phi) is 5.26. The molecule has 5 heteroatoms. The molecule has 0 spiro atoms. The van der Waals surface area contributed by atoms with Gasteiger partial charge in [-0.3, -0.25) is 4.79 Å². The van der Waals surface area contributed by atoms with Crippen molar-refractivity contribution >= 4 is 23.2 Å². The van der Waals surface area contributed by atoms with Gasteiger partial charge in [-0.15, -0.1) is 0 Å². The maximum absolute atomic E-state index is 12.5. The van der Waals surface area contributed by atoms with Crippen LogP contribution in [0.15, 0.2) is 48.5 Å². The van der Waals surface area contributed by atoms with Crippen LogP contribution < -0.4 is 9.64 Å². The van der Waals surface area contributed by atoms with Crippen LogP contribution in [0, 0.1) is 0 Å². The summed E-state index contributed by atoms with van der Waals surface area (Å²) in [5.41, 5.74) is 2.17. The number of benzene rings is 2. The first kappa shape index (κ1) is 16.7. The molecule has 0 radical (unpaired) electrons. The summed E-state index contributed by atoms with van der Waals surface area (Å²) in [6, 6.07) is 15.5. The molecule has 1 fully saturated rings. The van der Waals surface area contributed by atoms with Gasteiger partial charge in [0.1, 0.15) is 5.75 Å². The number of hydrogen-bond donors (Lipinski definition) is 0. The van der Waals surface area contributed by atoms with E-state index < -0.39 is 0 Å². The summed E-state index contributed by atoms with van der Waals surface area (Å²) in [5.74, 6) is 0.985. The number of hydrogen-bond acceptors (Lipinski definition) is 3. The van der Waals surface area contributed by atoms with E-state index in [9.17, 15) is 4.79 Å². The summed E-state index contributed by atoms with van der Waals surface area (Å²) in [4.78, 5) is 16.7. The second kappa shape index (κ2) is 7.58. The second-order valence-electron chi connectivity index (χ2n) is 5.87. The van der Waals surface area contributed by atoms with Crippen LogP contribution in [0.4, 0.5) is 5.69 Å². The van der Waals surface area contributed by atoms with Gasteiger partial charge >= 0.3 is 0 Å². The Labute approximate surface area is 147 Å². The molecular weight excluding hydrogens is 324 g/mol. The van der Waals surface area contributed by atoms with Crippen molar-refractivity contribution in [2.45, 2.75) is 6.42 Å². The number of anilines is 1. The van der Waals surface area contributed by atoms with E-state index in [0.29, 0.717) is 6.42 Å². The summed E-state index contributed by atoms with van der Waals surface area (Å²) in [6.07, 6.45) is 0.435. The molecule has 0 saturated carbocycles. The highest BCUT2D eigenvalue weighted by molar-refractivity contribution is 6.30. The maximum Gasteiger partial charge on any atom is 0.227 e. The van der Waals surface area contributed by atoms with Crippen molar-refractivity contribution < 1.29 is 9.53 Å². The number of ether oxygens (including phenoxy) is 1. The van der Waals surface area contributed by atoms with Crippen molar-refractivity contribution in [3.63, 3.8) is 0 Å². The van der Waals surface area contributed by atoms with E-state index in [0.717, 1.165) is 48.2 Å². The Morgan fingerprint density at radius 1 is 1.00 bits per heavy atom. The monoisotopic (exact) mass is 344 g/mol. The predicted molar refractivity (Wildman–Crippen MR) is 96.9 cm³/mol. The largest absolute Gasteiger partial charge is 0.497 e. The lowest BCUT2D eigenvalue weighted by atomic mass is 10.1. The molecule has 1 heterocycles. The average Bonchev–Trinajstić information content (AvgIpc) is 2.63. The lowest BCUT2D eigenvalue weighted by Gasteiger charge is -2.36. The molecule has 1 saturated heterocycles. The third kappa shape index (κ3) is 4.01. The molecule has 0 bridgehead atoms.